The maximum Gasteiger partial charge on any atom is 0.460 e. The first-order chi connectivity index (χ1) is 11.3. The van der Waals surface area contributed by atoms with Gasteiger partial charge in [-0.1, -0.05) is 0 Å². The molecule has 0 aromatic heterocycles. The van der Waals surface area contributed by atoms with Crippen LogP contribution in [0.25, 0.3) is 0 Å². The van der Waals surface area contributed by atoms with Crippen molar-refractivity contribution >= 4 is 5.91 Å². The zero-order valence-corrected chi connectivity index (χ0v) is 12.1. The molecule has 1 aliphatic heterocycles. The van der Waals surface area contributed by atoms with Gasteiger partial charge < -0.3 is 4.90 Å². The first-order valence-electron chi connectivity index (χ1n) is 6.52. The van der Waals surface area contributed by atoms with Crippen LogP contribution in [-0.2, 0) is 4.79 Å². The molecular formula is C11H8F13NO. The van der Waals surface area contributed by atoms with Gasteiger partial charge in [0.25, 0.3) is 5.91 Å². The molecule has 0 radical (unpaired) electrons. The molecule has 1 heterocycles. The second-order valence-electron chi connectivity index (χ2n) is 5.37. The summed E-state index contributed by atoms with van der Waals surface area (Å²) in [5.41, 5.74) is 0. The van der Waals surface area contributed by atoms with Crippen LogP contribution in [0, 0.1) is 0 Å². The summed E-state index contributed by atoms with van der Waals surface area (Å²) in [5, 5.41) is 0. The molecule has 1 saturated heterocycles. The molecule has 0 aromatic rings. The fourth-order valence-corrected chi connectivity index (χ4v) is 2.02. The van der Waals surface area contributed by atoms with Gasteiger partial charge in [0.2, 0.25) is 0 Å². The highest BCUT2D eigenvalue weighted by Crippen LogP contribution is 2.60. The van der Waals surface area contributed by atoms with Crippen molar-refractivity contribution in [2.75, 3.05) is 13.1 Å². The predicted octanol–water partition coefficient (Wildman–Crippen LogP) is 4.35. The molecular weight excluding hydrogens is 409 g/mol. The molecule has 154 valence electrons. The van der Waals surface area contributed by atoms with Crippen LogP contribution in [0.1, 0.15) is 12.8 Å². The Balaban J connectivity index is 3.40. The van der Waals surface area contributed by atoms with Crippen LogP contribution in [0.3, 0.4) is 0 Å². The zero-order chi connectivity index (χ0) is 21.0. The first kappa shape index (κ1) is 22.6. The van der Waals surface area contributed by atoms with Crippen LogP contribution < -0.4 is 0 Å². The van der Waals surface area contributed by atoms with Gasteiger partial charge in [0.15, 0.2) is 0 Å². The van der Waals surface area contributed by atoms with Crippen LogP contribution in [0.4, 0.5) is 57.1 Å². The number of amides is 1. The van der Waals surface area contributed by atoms with Gasteiger partial charge >= 0.3 is 35.8 Å². The van der Waals surface area contributed by atoms with Gasteiger partial charge in [0.1, 0.15) is 0 Å². The maximum absolute atomic E-state index is 13.5. The Morgan fingerprint density at radius 1 is 0.577 bits per heavy atom. The van der Waals surface area contributed by atoms with Crippen molar-refractivity contribution in [3.05, 3.63) is 0 Å². The smallest absolute Gasteiger partial charge is 0.337 e. The van der Waals surface area contributed by atoms with E-state index in [4.69, 9.17) is 0 Å². The molecule has 2 nitrogen and oxygen atoms in total. The monoisotopic (exact) mass is 417 g/mol. The fraction of sp³-hybridized carbons (Fsp3) is 0.909. The van der Waals surface area contributed by atoms with Crippen molar-refractivity contribution < 1.29 is 61.9 Å². The minimum Gasteiger partial charge on any atom is -0.337 e. The van der Waals surface area contributed by atoms with Crippen molar-refractivity contribution in [1.29, 1.82) is 0 Å². The highest BCUT2D eigenvalue weighted by molar-refractivity contribution is 5.85. The van der Waals surface area contributed by atoms with Crippen LogP contribution in [-0.4, -0.2) is 59.7 Å². The second kappa shape index (κ2) is 6.04. The van der Waals surface area contributed by atoms with Crippen molar-refractivity contribution in [3.8, 4) is 0 Å². The molecule has 1 amide bonds. The minimum absolute atomic E-state index is 0.0356. The number of alkyl halides is 13. The van der Waals surface area contributed by atoms with Gasteiger partial charge in [-0.2, -0.15) is 57.1 Å². The predicted molar refractivity (Wildman–Crippen MR) is 56.6 cm³/mol. The summed E-state index contributed by atoms with van der Waals surface area (Å²) in [6.45, 7) is -1.30. The van der Waals surface area contributed by atoms with E-state index in [1.165, 1.54) is 0 Å². The molecule has 0 unspecified atom stereocenters. The summed E-state index contributed by atoms with van der Waals surface area (Å²) in [6.07, 6.45) is -7.54. The van der Waals surface area contributed by atoms with Crippen molar-refractivity contribution in [2.24, 2.45) is 0 Å². The topological polar surface area (TPSA) is 20.3 Å². The lowest BCUT2D eigenvalue weighted by atomic mass is 9.93. The lowest BCUT2D eigenvalue weighted by Crippen LogP contribution is -2.72. The standard InChI is InChI=1S/C11H8F13NO/c12-6(13,5(26)25-3-1-2-4-25)7(14,15)8(16,17)9(18,19)10(20,21)11(22,23)24/h1-4H2. The van der Waals surface area contributed by atoms with E-state index >= 15 is 0 Å². The van der Waals surface area contributed by atoms with E-state index < -0.39 is 54.8 Å². The molecule has 0 N–H and O–H groups in total. The normalized spacial score (nSPS) is 18.4. The minimum atomic E-state index is -7.99. The lowest BCUT2D eigenvalue weighted by Gasteiger charge is -2.39. The maximum atomic E-state index is 13.5. The third-order valence-electron chi connectivity index (χ3n) is 3.60. The van der Waals surface area contributed by atoms with Gasteiger partial charge in [-0.3, -0.25) is 4.79 Å². The van der Waals surface area contributed by atoms with Gasteiger partial charge in [0.05, 0.1) is 0 Å². The summed E-state index contributed by atoms with van der Waals surface area (Å²) in [4.78, 5) is 11.1. The van der Waals surface area contributed by atoms with E-state index in [-0.39, 0.29) is 17.7 Å². The highest BCUT2D eigenvalue weighted by atomic mass is 19.4. The molecule has 1 fully saturated rings. The van der Waals surface area contributed by atoms with E-state index in [1.54, 1.807) is 0 Å². The summed E-state index contributed by atoms with van der Waals surface area (Å²) in [6, 6.07) is 0. The van der Waals surface area contributed by atoms with Crippen LogP contribution in [0.5, 0.6) is 0 Å². The summed E-state index contributed by atoms with van der Waals surface area (Å²) in [7, 11) is 0. The number of carbonyl (C=O) groups is 1. The molecule has 26 heavy (non-hydrogen) atoms. The number of halogens is 13. The lowest BCUT2D eigenvalue weighted by molar-refractivity contribution is -0.436. The van der Waals surface area contributed by atoms with Crippen LogP contribution >= 0.6 is 0 Å². The fourth-order valence-electron chi connectivity index (χ4n) is 2.02. The van der Waals surface area contributed by atoms with Crippen LogP contribution in [0.2, 0.25) is 0 Å². The van der Waals surface area contributed by atoms with Gasteiger partial charge in [-0.05, 0) is 12.8 Å². The average Bonchev–Trinajstić information content (AvgIpc) is 2.98. The largest absolute Gasteiger partial charge is 0.460 e. The quantitative estimate of drug-likeness (QED) is 0.610. The summed E-state index contributed by atoms with van der Waals surface area (Å²) in [5.74, 6) is -41.0. The molecule has 0 saturated carbocycles. The summed E-state index contributed by atoms with van der Waals surface area (Å²) >= 11 is 0. The number of nitrogens with zero attached hydrogens (tertiary/aromatic N) is 1. The summed E-state index contributed by atoms with van der Waals surface area (Å²) < 4.78 is 167. The van der Waals surface area contributed by atoms with E-state index in [1.807, 2.05) is 0 Å². The van der Waals surface area contributed by atoms with E-state index in [0.717, 1.165) is 0 Å². The van der Waals surface area contributed by atoms with Gasteiger partial charge in [-0.25, -0.2) is 0 Å². The van der Waals surface area contributed by atoms with Crippen molar-refractivity contribution in [1.82, 2.24) is 4.90 Å². The Hall–Kier alpha value is -1.44. The first-order valence-corrected chi connectivity index (χ1v) is 6.52. The molecule has 0 aromatic carbocycles. The highest BCUT2D eigenvalue weighted by Gasteiger charge is 2.91. The van der Waals surface area contributed by atoms with Gasteiger partial charge in [0, 0.05) is 13.1 Å². The third kappa shape index (κ3) is 2.86. The zero-order valence-electron chi connectivity index (χ0n) is 12.1. The molecule has 0 bridgehead atoms. The SMILES string of the molecule is O=C(N1CCCC1)C(F)(F)C(F)(F)C(F)(F)C(F)(F)C(F)(F)C(F)(F)F. The molecule has 1 aliphatic rings. The van der Waals surface area contributed by atoms with Crippen LogP contribution in [0.15, 0.2) is 0 Å². The molecule has 0 aliphatic carbocycles. The Labute approximate surface area is 135 Å². The number of carbonyl (C=O) groups excluding carboxylic acids is 1. The Bertz CT molecular complexity index is 547. The molecule has 1 rings (SSSR count). The number of hydrogen-bond donors (Lipinski definition) is 0. The van der Waals surface area contributed by atoms with E-state index in [9.17, 15) is 61.9 Å². The van der Waals surface area contributed by atoms with E-state index in [2.05, 4.69) is 0 Å². The molecule has 0 atom stereocenters. The number of rotatable bonds is 5. The third-order valence-corrected chi connectivity index (χ3v) is 3.60. The molecule has 0 spiro atoms. The number of hydrogen-bond acceptors (Lipinski definition) is 1. The Morgan fingerprint density at radius 3 is 1.27 bits per heavy atom. The molecule has 15 heteroatoms. The van der Waals surface area contributed by atoms with E-state index in [0.29, 0.717) is 0 Å². The Morgan fingerprint density at radius 2 is 0.923 bits per heavy atom. The van der Waals surface area contributed by atoms with Crippen molar-refractivity contribution in [3.63, 3.8) is 0 Å². The average molecular weight is 417 g/mol. The Kier molecular flexibility index (Phi) is 5.25. The van der Waals surface area contributed by atoms with Crippen molar-refractivity contribution in [2.45, 2.75) is 48.6 Å². The van der Waals surface area contributed by atoms with Gasteiger partial charge in [-0.15, -0.1) is 0 Å². The number of likely N-dealkylation sites (tertiary alicyclic amines) is 1. The second-order valence-corrected chi connectivity index (χ2v) is 5.37.